The largest absolute Gasteiger partial charge is 0.494 e. The lowest BCUT2D eigenvalue weighted by atomic mass is 10.0. The first kappa shape index (κ1) is 27.7. The standard InChI is InChI=1S/C29H34F2N4O2/c1-6-21(4)26(8-3)33-19-22(7-2)34-17-14-24(15-18-34)35(27-20-32-16-13-28(27)36-5)23-9-11-25(12-10-23)37-29(30)31/h3,7,9-13,16,19-20,24,29H,6,14-15,17-18H2,1-2,4-5H3/b22-7+,26-21+,33-19+. The molecule has 1 aromatic carbocycles. The second kappa shape index (κ2) is 13.4. The monoisotopic (exact) mass is 508 g/mol. The van der Waals surface area contributed by atoms with E-state index in [0.717, 1.165) is 55.0 Å². The van der Waals surface area contributed by atoms with Gasteiger partial charge in [0.2, 0.25) is 0 Å². The van der Waals surface area contributed by atoms with Crippen molar-refractivity contribution in [2.24, 2.45) is 4.99 Å². The average molecular weight is 509 g/mol. The number of benzene rings is 1. The Morgan fingerprint density at radius 2 is 1.97 bits per heavy atom. The van der Waals surface area contributed by atoms with Gasteiger partial charge in [-0.25, -0.2) is 4.99 Å². The molecular weight excluding hydrogens is 474 g/mol. The summed E-state index contributed by atoms with van der Waals surface area (Å²) in [5.41, 5.74) is 4.44. The summed E-state index contributed by atoms with van der Waals surface area (Å²) in [5.74, 6) is 3.48. The Morgan fingerprint density at radius 1 is 1.27 bits per heavy atom. The molecule has 0 bridgehead atoms. The second-order valence-corrected chi connectivity index (χ2v) is 8.61. The van der Waals surface area contributed by atoms with E-state index in [2.05, 4.69) is 37.4 Å². The second-order valence-electron chi connectivity index (χ2n) is 8.61. The molecule has 1 aromatic heterocycles. The van der Waals surface area contributed by atoms with Gasteiger partial charge in [-0.1, -0.05) is 18.9 Å². The third-order valence-corrected chi connectivity index (χ3v) is 6.47. The van der Waals surface area contributed by atoms with E-state index in [1.54, 1.807) is 43.8 Å². The molecule has 2 heterocycles. The topological polar surface area (TPSA) is 50.2 Å². The predicted molar refractivity (Wildman–Crippen MR) is 145 cm³/mol. The number of aromatic nitrogens is 1. The van der Waals surface area contributed by atoms with Crippen LogP contribution in [0.4, 0.5) is 20.2 Å². The maximum atomic E-state index is 12.7. The van der Waals surface area contributed by atoms with Gasteiger partial charge in [-0.2, -0.15) is 8.78 Å². The maximum Gasteiger partial charge on any atom is 0.387 e. The molecule has 6 nitrogen and oxygen atoms in total. The molecule has 1 aliphatic heterocycles. The van der Waals surface area contributed by atoms with Gasteiger partial charge in [0, 0.05) is 37.1 Å². The van der Waals surface area contributed by atoms with Gasteiger partial charge >= 0.3 is 6.61 Å². The molecular formula is C29H34F2N4O2. The third kappa shape index (κ3) is 7.10. The van der Waals surface area contributed by atoms with Gasteiger partial charge in [-0.05, 0) is 62.9 Å². The number of ether oxygens (including phenoxy) is 2. The van der Waals surface area contributed by atoms with Crippen LogP contribution < -0.4 is 14.4 Å². The summed E-state index contributed by atoms with van der Waals surface area (Å²) in [6.45, 7) is 4.81. The van der Waals surface area contributed by atoms with E-state index < -0.39 is 6.61 Å². The van der Waals surface area contributed by atoms with Crippen LogP contribution in [-0.4, -0.2) is 49.0 Å². The molecule has 0 saturated carbocycles. The summed E-state index contributed by atoms with van der Waals surface area (Å²) in [4.78, 5) is 13.4. The van der Waals surface area contributed by atoms with E-state index in [9.17, 15) is 8.78 Å². The molecule has 0 amide bonds. The van der Waals surface area contributed by atoms with Crippen molar-refractivity contribution in [3.8, 4) is 23.8 Å². The molecule has 0 N–H and O–H groups in total. The van der Waals surface area contributed by atoms with E-state index in [1.807, 2.05) is 32.2 Å². The van der Waals surface area contributed by atoms with Crippen LogP contribution in [0.2, 0.25) is 0 Å². The van der Waals surface area contributed by atoms with Gasteiger partial charge in [0.15, 0.2) is 0 Å². The fraction of sp³-hybridized carbons (Fsp3) is 0.379. The highest BCUT2D eigenvalue weighted by atomic mass is 19.3. The first-order valence-electron chi connectivity index (χ1n) is 12.4. The van der Waals surface area contributed by atoms with Crippen molar-refractivity contribution in [3.05, 3.63) is 65.8 Å². The summed E-state index contributed by atoms with van der Waals surface area (Å²) < 4.78 is 35.5. The highest BCUT2D eigenvalue weighted by Crippen LogP contribution is 2.38. The molecule has 8 heteroatoms. The van der Waals surface area contributed by atoms with Gasteiger partial charge in [-0.3, -0.25) is 4.98 Å². The number of hydrogen-bond acceptors (Lipinski definition) is 6. The van der Waals surface area contributed by atoms with Crippen molar-refractivity contribution in [2.45, 2.75) is 52.7 Å². The molecule has 0 spiro atoms. The zero-order valence-corrected chi connectivity index (χ0v) is 21.8. The number of likely N-dealkylation sites (tertiary alicyclic amines) is 1. The maximum absolute atomic E-state index is 12.7. The molecule has 0 unspecified atom stereocenters. The number of nitrogens with zero attached hydrogens (tertiary/aromatic N) is 4. The predicted octanol–water partition coefficient (Wildman–Crippen LogP) is 6.59. The lowest BCUT2D eigenvalue weighted by Gasteiger charge is -2.41. The minimum atomic E-state index is -2.87. The molecule has 0 aliphatic carbocycles. The van der Waals surface area contributed by atoms with Gasteiger partial charge < -0.3 is 19.3 Å². The lowest BCUT2D eigenvalue weighted by molar-refractivity contribution is -0.0498. The number of alkyl halides is 2. The Balaban J connectivity index is 1.84. The van der Waals surface area contributed by atoms with Crippen LogP contribution in [0.3, 0.4) is 0 Å². The zero-order valence-electron chi connectivity index (χ0n) is 21.8. The number of hydrogen-bond donors (Lipinski definition) is 0. The van der Waals surface area contributed by atoms with E-state index in [1.165, 1.54) is 0 Å². The van der Waals surface area contributed by atoms with E-state index in [0.29, 0.717) is 11.4 Å². The fourth-order valence-electron chi connectivity index (χ4n) is 4.35. The van der Waals surface area contributed by atoms with Crippen molar-refractivity contribution in [2.75, 3.05) is 25.1 Å². The number of methoxy groups -OCH3 is 1. The Morgan fingerprint density at radius 3 is 2.54 bits per heavy atom. The summed E-state index contributed by atoms with van der Waals surface area (Å²) >= 11 is 0. The van der Waals surface area contributed by atoms with Crippen LogP contribution in [0.1, 0.15) is 40.0 Å². The Bertz CT molecular complexity index is 1160. The third-order valence-electron chi connectivity index (χ3n) is 6.47. The first-order valence-corrected chi connectivity index (χ1v) is 12.4. The summed E-state index contributed by atoms with van der Waals surface area (Å²) in [6, 6.07) is 8.62. The van der Waals surface area contributed by atoms with E-state index in [-0.39, 0.29) is 11.8 Å². The molecule has 2 aromatic rings. The van der Waals surface area contributed by atoms with E-state index >= 15 is 0 Å². The first-order chi connectivity index (χ1) is 17.9. The molecule has 3 rings (SSSR count). The highest BCUT2D eigenvalue weighted by molar-refractivity contribution is 5.79. The molecule has 1 fully saturated rings. The zero-order chi connectivity index (χ0) is 26.8. The number of halogens is 2. The molecule has 1 saturated heterocycles. The van der Waals surface area contributed by atoms with Gasteiger partial charge in [0.05, 0.1) is 25.2 Å². The lowest BCUT2D eigenvalue weighted by Crippen LogP contribution is -2.43. The summed E-state index contributed by atoms with van der Waals surface area (Å²) in [5, 5.41) is 0. The minimum Gasteiger partial charge on any atom is -0.494 e. The van der Waals surface area contributed by atoms with Crippen LogP contribution in [0.5, 0.6) is 11.5 Å². The van der Waals surface area contributed by atoms with Crippen LogP contribution >= 0.6 is 0 Å². The van der Waals surface area contributed by atoms with Gasteiger partial charge in [0.25, 0.3) is 0 Å². The molecule has 1 aliphatic rings. The van der Waals surface area contributed by atoms with Crippen molar-refractivity contribution >= 4 is 17.6 Å². The number of anilines is 2. The van der Waals surface area contributed by atoms with Crippen molar-refractivity contribution < 1.29 is 18.3 Å². The van der Waals surface area contributed by atoms with Crippen LogP contribution in [0.25, 0.3) is 0 Å². The van der Waals surface area contributed by atoms with Crippen LogP contribution in [-0.2, 0) is 0 Å². The molecule has 37 heavy (non-hydrogen) atoms. The summed E-state index contributed by atoms with van der Waals surface area (Å²) in [6.07, 6.45) is 15.6. The quantitative estimate of drug-likeness (QED) is 0.268. The minimum absolute atomic E-state index is 0.113. The SMILES string of the molecule is C#CC(/N=C/C(=C\C)N1CCC(N(c2ccc(OC(F)F)cc2)c2cnccc2OC)CC1)=C(/C)CC. The highest BCUT2D eigenvalue weighted by Gasteiger charge is 2.28. The number of terminal acetylenes is 1. The number of pyridine rings is 1. The van der Waals surface area contributed by atoms with Crippen molar-refractivity contribution in [1.82, 2.24) is 9.88 Å². The molecule has 0 atom stereocenters. The van der Waals surface area contributed by atoms with Gasteiger partial charge in [-0.15, -0.1) is 6.42 Å². The van der Waals surface area contributed by atoms with Crippen LogP contribution in [0, 0.1) is 12.3 Å². The normalized spacial score (nSPS) is 15.5. The number of piperidine rings is 1. The summed E-state index contributed by atoms with van der Waals surface area (Å²) in [7, 11) is 1.62. The average Bonchev–Trinajstić information content (AvgIpc) is 2.92. The molecule has 0 radical (unpaired) electrons. The number of rotatable bonds is 10. The van der Waals surface area contributed by atoms with Crippen molar-refractivity contribution in [1.29, 1.82) is 0 Å². The van der Waals surface area contributed by atoms with Gasteiger partial charge in [0.1, 0.15) is 22.9 Å². The smallest absolute Gasteiger partial charge is 0.387 e. The fourth-order valence-corrected chi connectivity index (χ4v) is 4.35. The van der Waals surface area contributed by atoms with Crippen LogP contribution in [0.15, 0.2) is 70.8 Å². The number of allylic oxidation sites excluding steroid dienone is 4. The Kier molecular flexibility index (Phi) is 10.1. The molecule has 196 valence electrons. The van der Waals surface area contributed by atoms with Crippen molar-refractivity contribution in [3.63, 3.8) is 0 Å². The number of aliphatic imine (C=N–C) groups is 1. The Labute approximate surface area is 218 Å². The Hall–Kier alpha value is -3.86. The van der Waals surface area contributed by atoms with E-state index in [4.69, 9.17) is 11.2 Å².